The molecule has 2 N–H and O–H groups in total. The van der Waals surface area contributed by atoms with Gasteiger partial charge in [0.05, 0.1) is 6.61 Å². The molecule has 0 aromatic heterocycles. The van der Waals surface area contributed by atoms with Gasteiger partial charge in [-0.2, -0.15) is 0 Å². The lowest BCUT2D eigenvalue weighted by atomic mass is 9.97. The Hall–Kier alpha value is -1.39. The normalized spacial score (nSPS) is 19.5. The molecule has 1 saturated heterocycles. The predicted molar refractivity (Wildman–Crippen MR) is 84.7 cm³/mol. The van der Waals surface area contributed by atoms with Crippen LogP contribution in [0.3, 0.4) is 0 Å². The number of hydrogen-bond acceptors (Lipinski definition) is 4. The van der Waals surface area contributed by atoms with E-state index in [1.165, 1.54) is 12.8 Å². The van der Waals surface area contributed by atoms with Crippen LogP contribution in [0.5, 0.6) is 5.75 Å². The molecule has 1 heterocycles. The molecular formula is C17H26N2O2. The van der Waals surface area contributed by atoms with Crippen molar-refractivity contribution in [3.63, 3.8) is 0 Å². The Morgan fingerprint density at radius 2 is 2.29 bits per heavy atom. The minimum atomic E-state index is 0.0952. The van der Waals surface area contributed by atoms with Crippen LogP contribution in [0.1, 0.15) is 42.6 Å². The van der Waals surface area contributed by atoms with E-state index in [0.717, 1.165) is 43.1 Å². The summed E-state index contributed by atoms with van der Waals surface area (Å²) in [6, 6.07) is 5.73. The lowest BCUT2D eigenvalue weighted by Gasteiger charge is -2.32. The minimum absolute atomic E-state index is 0.0952. The summed E-state index contributed by atoms with van der Waals surface area (Å²) < 4.78 is 5.70. The summed E-state index contributed by atoms with van der Waals surface area (Å²) in [5.74, 6) is 1.57. The van der Waals surface area contributed by atoms with Gasteiger partial charge in [0.25, 0.3) is 0 Å². The molecule has 1 aliphatic heterocycles. The smallest absolute Gasteiger partial charge is 0.159 e. The van der Waals surface area contributed by atoms with Crippen LogP contribution in [0, 0.1) is 5.92 Å². The van der Waals surface area contributed by atoms with E-state index in [1.807, 2.05) is 25.1 Å². The van der Waals surface area contributed by atoms with Gasteiger partial charge in [0.2, 0.25) is 0 Å². The summed E-state index contributed by atoms with van der Waals surface area (Å²) in [6.45, 7) is 7.92. The van der Waals surface area contributed by atoms with Gasteiger partial charge in [-0.05, 0) is 63.9 Å². The highest BCUT2D eigenvalue weighted by Crippen LogP contribution is 2.25. The van der Waals surface area contributed by atoms with Gasteiger partial charge in [0.1, 0.15) is 5.75 Å². The average molecular weight is 290 g/mol. The summed E-state index contributed by atoms with van der Waals surface area (Å²) >= 11 is 0. The van der Waals surface area contributed by atoms with E-state index in [2.05, 4.69) is 4.90 Å². The molecule has 1 atom stereocenters. The monoisotopic (exact) mass is 290 g/mol. The fraction of sp³-hybridized carbons (Fsp3) is 0.588. The third-order valence-electron chi connectivity index (χ3n) is 4.10. The van der Waals surface area contributed by atoms with Crippen molar-refractivity contribution in [1.29, 1.82) is 0 Å². The summed E-state index contributed by atoms with van der Waals surface area (Å²) in [7, 11) is 0. The van der Waals surface area contributed by atoms with Crippen molar-refractivity contribution in [3.8, 4) is 5.75 Å². The summed E-state index contributed by atoms with van der Waals surface area (Å²) in [5, 5.41) is 0. The molecule has 1 unspecified atom stereocenters. The quantitative estimate of drug-likeness (QED) is 0.818. The van der Waals surface area contributed by atoms with Crippen molar-refractivity contribution in [2.75, 3.05) is 26.2 Å². The van der Waals surface area contributed by atoms with E-state index < -0.39 is 0 Å². The maximum absolute atomic E-state index is 11.6. The Kier molecular flexibility index (Phi) is 5.76. The topological polar surface area (TPSA) is 55.6 Å². The molecule has 21 heavy (non-hydrogen) atoms. The lowest BCUT2D eigenvalue weighted by Crippen LogP contribution is -2.37. The summed E-state index contributed by atoms with van der Waals surface area (Å²) in [6.07, 6.45) is 2.41. The Morgan fingerprint density at radius 1 is 1.48 bits per heavy atom. The number of carbonyl (C=O) groups excluding carboxylic acids is 1. The highest BCUT2D eigenvalue weighted by Gasteiger charge is 2.20. The fourth-order valence-electron chi connectivity index (χ4n) is 2.95. The molecule has 0 aliphatic carbocycles. The first-order chi connectivity index (χ1) is 10.1. The van der Waals surface area contributed by atoms with Crippen molar-refractivity contribution in [1.82, 2.24) is 4.90 Å². The SMILES string of the molecule is CCOc1ccc(C(C)=O)cc1CN1CCCC(CN)C1. The predicted octanol–water partition coefficient (Wildman–Crippen LogP) is 2.46. The van der Waals surface area contributed by atoms with Crippen LogP contribution < -0.4 is 10.5 Å². The molecule has 1 aromatic rings. The Labute approximate surface area is 127 Å². The standard InChI is InChI=1S/C17H26N2O2/c1-3-21-17-7-6-15(13(2)20)9-16(17)12-19-8-4-5-14(10-18)11-19/h6-7,9,14H,3-5,8,10-12,18H2,1-2H3. The van der Waals surface area contributed by atoms with Crippen LogP contribution >= 0.6 is 0 Å². The second-order valence-electron chi connectivity index (χ2n) is 5.79. The molecule has 0 saturated carbocycles. The van der Waals surface area contributed by atoms with E-state index in [1.54, 1.807) is 6.92 Å². The Balaban J connectivity index is 2.15. The highest BCUT2D eigenvalue weighted by molar-refractivity contribution is 5.94. The van der Waals surface area contributed by atoms with Crippen LogP contribution in [0.15, 0.2) is 18.2 Å². The van der Waals surface area contributed by atoms with Crippen LogP contribution in [0.2, 0.25) is 0 Å². The van der Waals surface area contributed by atoms with Gasteiger partial charge in [-0.1, -0.05) is 0 Å². The zero-order valence-corrected chi connectivity index (χ0v) is 13.1. The van der Waals surface area contributed by atoms with Crippen LogP contribution in [-0.4, -0.2) is 36.9 Å². The van der Waals surface area contributed by atoms with Gasteiger partial charge in [-0.3, -0.25) is 9.69 Å². The van der Waals surface area contributed by atoms with Crippen LogP contribution in [0.4, 0.5) is 0 Å². The molecule has 4 heteroatoms. The molecule has 2 rings (SSSR count). The number of likely N-dealkylation sites (tertiary alicyclic amines) is 1. The molecule has 0 bridgehead atoms. The lowest BCUT2D eigenvalue weighted by molar-refractivity contribution is 0.101. The van der Waals surface area contributed by atoms with Gasteiger partial charge < -0.3 is 10.5 Å². The fourth-order valence-corrected chi connectivity index (χ4v) is 2.95. The van der Waals surface area contributed by atoms with Crippen molar-refractivity contribution in [2.45, 2.75) is 33.2 Å². The molecule has 1 aromatic carbocycles. The number of rotatable bonds is 6. The van der Waals surface area contributed by atoms with Crippen molar-refractivity contribution >= 4 is 5.78 Å². The maximum atomic E-state index is 11.6. The zero-order valence-electron chi connectivity index (χ0n) is 13.1. The van der Waals surface area contributed by atoms with Gasteiger partial charge in [0.15, 0.2) is 5.78 Å². The number of Topliss-reactive ketones (excluding diaryl/α,β-unsaturated/α-hetero) is 1. The number of piperidine rings is 1. The molecule has 1 fully saturated rings. The molecule has 4 nitrogen and oxygen atoms in total. The molecular weight excluding hydrogens is 264 g/mol. The van der Waals surface area contributed by atoms with E-state index in [9.17, 15) is 4.79 Å². The van der Waals surface area contributed by atoms with Crippen molar-refractivity contribution in [3.05, 3.63) is 29.3 Å². The van der Waals surface area contributed by atoms with E-state index in [4.69, 9.17) is 10.5 Å². The molecule has 1 aliphatic rings. The van der Waals surface area contributed by atoms with Gasteiger partial charge in [-0.15, -0.1) is 0 Å². The first kappa shape index (κ1) is 16.0. The number of nitrogens with zero attached hydrogens (tertiary/aromatic N) is 1. The van der Waals surface area contributed by atoms with Crippen LogP contribution in [-0.2, 0) is 6.54 Å². The largest absolute Gasteiger partial charge is 0.494 e. The highest BCUT2D eigenvalue weighted by atomic mass is 16.5. The van der Waals surface area contributed by atoms with Gasteiger partial charge in [-0.25, -0.2) is 0 Å². The number of ketones is 1. The van der Waals surface area contributed by atoms with Gasteiger partial charge >= 0.3 is 0 Å². The number of hydrogen-bond donors (Lipinski definition) is 1. The van der Waals surface area contributed by atoms with Crippen molar-refractivity contribution < 1.29 is 9.53 Å². The number of carbonyl (C=O) groups is 1. The molecule has 0 spiro atoms. The van der Waals surface area contributed by atoms with Crippen LogP contribution in [0.25, 0.3) is 0 Å². The second-order valence-corrected chi connectivity index (χ2v) is 5.79. The zero-order chi connectivity index (χ0) is 15.2. The van der Waals surface area contributed by atoms with Crippen molar-refractivity contribution in [2.24, 2.45) is 11.7 Å². The van der Waals surface area contributed by atoms with Gasteiger partial charge in [0, 0.05) is 24.2 Å². The second kappa shape index (κ2) is 7.57. The maximum Gasteiger partial charge on any atom is 0.159 e. The summed E-state index contributed by atoms with van der Waals surface area (Å²) in [4.78, 5) is 14.0. The molecule has 116 valence electrons. The number of nitrogens with two attached hydrogens (primary N) is 1. The first-order valence-corrected chi connectivity index (χ1v) is 7.83. The minimum Gasteiger partial charge on any atom is -0.494 e. The Bertz CT molecular complexity index is 488. The van der Waals surface area contributed by atoms with E-state index >= 15 is 0 Å². The van der Waals surface area contributed by atoms with E-state index in [-0.39, 0.29) is 5.78 Å². The summed E-state index contributed by atoms with van der Waals surface area (Å²) in [5.41, 5.74) is 7.65. The number of ether oxygens (including phenoxy) is 1. The third kappa shape index (κ3) is 4.29. The Morgan fingerprint density at radius 3 is 2.95 bits per heavy atom. The first-order valence-electron chi connectivity index (χ1n) is 7.83. The molecule has 0 amide bonds. The average Bonchev–Trinajstić information content (AvgIpc) is 2.49. The third-order valence-corrected chi connectivity index (χ3v) is 4.10. The number of benzene rings is 1. The molecule has 0 radical (unpaired) electrons. The van der Waals surface area contributed by atoms with E-state index in [0.29, 0.717) is 12.5 Å².